The third-order valence-corrected chi connectivity index (χ3v) is 1.94. The van der Waals surface area contributed by atoms with Gasteiger partial charge < -0.3 is 4.90 Å². The molecule has 0 aliphatic heterocycles. The normalized spacial score (nSPS) is 13.6. The van der Waals surface area contributed by atoms with Crippen LogP contribution in [0.1, 0.15) is 22.3 Å². The monoisotopic (exact) mass is 191 g/mol. The van der Waals surface area contributed by atoms with E-state index < -0.39 is 0 Å². The standard InChI is InChI=1S/C9H8O.C3H9N/c10-9-6-5-7-3-1-2-4-8(7)9;1-4(2)3/h1-4H,5-6H2;1-3H3. The van der Waals surface area contributed by atoms with E-state index in [4.69, 9.17) is 0 Å². The van der Waals surface area contributed by atoms with Crippen LogP contribution in [-0.4, -0.2) is 31.8 Å². The minimum absolute atomic E-state index is 0.301. The number of benzene rings is 1. The Morgan fingerprint density at radius 2 is 1.64 bits per heavy atom. The van der Waals surface area contributed by atoms with Crippen molar-refractivity contribution in [3.8, 4) is 0 Å². The second-order valence-electron chi connectivity index (χ2n) is 3.92. The molecule has 0 aromatic heterocycles. The summed E-state index contributed by atoms with van der Waals surface area (Å²) in [6, 6.07) is 7.84. The molecule has 0 heterocycles. The van der Waals surface area contributed by atoms with Gasteiger partial charge in [0.15, 0.2) is 5.78 Å². The molecular weight excluding hydrogens is 174 g/mol. The minimum Gasteiger partial charge on any atom is -0.312 e. The lowest BCUT2D eigenvalue weighted by atomic mass is 10.1. The fourth-order valence-electron chi connectivity index (χ4n) is 1.39. The van der Waals surface area contributed by atoms with Crippen molar-refractivity contribution in [2.45, 2.75) is 12.8 Å². The Balaban J connectivity index is 0.000000213. The number of Topliss-reactive ketones (excluding diaryl/α,β-unsaturated/α-hetero) is 1. The van der Waals surface area contributed by atoms with Crippen LogP contribution in [0.25, 0.3) is 0 Å². The van der Waals surface area contributed by atoms with Crippen molar-refractivity contribution in [1.82, 2.24) is 4.90 Å². The first-order valence-electron chi connectivity index (χ1n) is 4.83. The maximum absolute atomic E-state index is 11.1. The first-order chi connectivity index (χ1) is 6.61. The number of nitrogens with zero attached hydrogens (tertiary/aromatic N) is 1. The molecule has 2 heteroatoms. The molecule has 0 N–H and O–H groups in total. The van der Waals surface area contributed by atoms with Gasteiger partial charge in [0.2, 0.25) is 0 Å². The molecule has 0 spiro atoms. The van der Waals surface area contributed by atoms with Crippen molar-refractivity contribution < 1.29 is 4.79 Å². The Morgan fingerprint density at radius 1 is 1.07 bits per heavy atom. The van der Waals surface area contributed by atoms with E-state index in [1.54, 1.807) is 0 Å². The van der Waals surface area contributed by atoms with Gasteiger partial charge in [0, 0.05) is 12.0 Å². The van der Waals surface area contributed by atoms with Crippen LogP contribution >= 0.6 is 0 Å². The molecule has 0 fully saturated rings. The summed E-state index contributed by atoms with van der Waals surface area (Å²) in [7, 11) is 6.00. The van der Waals surface area contributed by atoms with E-state index in [1.807, 2.05) is 50.3 Å². The van der Waals surface area contributed by atoms with Gasteiger partial charge in [-0.05, 0) is 33.1 Å². The summed E-state index contributed by atoms with van der Waals surface area (Å²) in [4.78, 5) is 13.1. The molecule has 1 aliphatic carbocycles. The molecule has 0 unspecified atom stereocenters. The predicted molar refractivity (Wildman–Crippen MR) is 58.7 cm³/mol. The van der Waals surface area contributed by atoms with Crippen LogP contribution in [-0.2, 0) is 6.42 Å². The second kappa shape index (κ2) is 4.91. The molecule has 0 atom stereocenters. The smallest absolute Gasteiger partial charge is 0.163 e. The van der Waals surface area contributed by atoms with Crippen molar-refractivity contribution in [2.24, 2.45) is 0 Å². The lowest BCUT2D eigenvalue weighted by Crippen LogP contribution is -1.99. The van der Waals surface area contributed by atoms with Crippen molar-refractivity contribution >= 4 is 5.78 Å². The van der Waals surface area contributed by atoms with Crippen LogP contribution in [0.4, 0.5) is 0 Å². The zero-order valence-corrected chi connectivity index (χ0v) is 9.08. The number of aryl methyl sites for hydroxylation is 1. The molecule has 1 aliphatic rings. The SMILES string of the molecule is CN(C)C.O=C1CCc2ccccc21. The van der Waals surface area contributed by atoms with Gasteiger partial charge in [0.25, 0.3) is 0 Å². The number of fused-ring (bicyclic) bond motifs is 1. The summed E-state index contributed by atoms with van der Waals surface area (Å²) in [6.07, 6.45) is 1.65. The Hall–Kier alpha value is -1.15. The third kappa shape index (κ3) is 2.96. The number of hydrogen-bond donors (Lipinski definition) is 0. The maximum atomic E-state index is 11.1. The Kier molecular flexibility index (Phi) is 3.84. The van der Waals surface area contributed by atoms with Crippen LogP contribution in [0.3, 0.4) is 0 Å². The molecule has 0 saturated heterocycles. The quantitative estimate of drug-likeness (QED) is 0.625. The summed E-state index contributed by atoms with van der Waals surface area (Å²) in [5, 5.41) is 0. The van der Waals surface area contributed by atoms with E-state index in [0.29, 0.717) is 12.2 Å². The van der Waals surface area contributed by atoms with Crippen LogP contribution in [0, 0.1) is 0 Å². The molecule has 76 valence electrons. The van der Waals surface area contributed by atoms with Crippen molar-refractivity contribution in [3.05, 3.63) is 35.4 Å². The van der Waals surface area contributed by atoms with E-state index >= 15 is 0 Å². The van der Waals surface area contributed by atoms with Crippen molar-refractivity contribution in [2.75, 3.05) is 21.1 Å². The van der Waals surface area contributed by atoms with E-state index in [9.17, 15) is 4.79 Å². The maximum Gasteiger partial charge on any atom is 0.163 e. The highest BCUT2D eigenvalue weighted by Gasteiger charge is 2.17. The lowest BCUT2D eigenvalue weighted by molar-refractivity contribution is 0.0994. The Labute approximate surface area is 85.5 Å². The van der Waals surface area contributed by atoms with Gasteiger partial charge in [0.05, 0.1) is 0 Å². The molecule has 0 radical (unpaired) electrons. The minimum atomic E-state index is 0.301. The van der Waals surface area contributed by atoms with Gasteiger partial charge in [-0.3, -0.25) is 4.79 Å². The number of hydrogen-bond acceptors (Lipinski definition) is 2. The van der Waals surface area contributed by atoms with Crippen LogP contribution < -0.4 is 0 Å². The molecule has 1 aromatic rings. The van der Waals surface area contributed by atoms with Crippen LogP contribution in [0.2, 0.25) is 0 Å². The van der Waals surface area contributed by atoms with E-state index in [2.05, 4.69) is 0 Å². The topological polar surface area (TPSA) is 20.3 Å². The number of carbonyl (C=O) groups is 1. The third-order valence-electron chi connectivity index (χ3n) is 1.94. The highest BCUT2D eigenvalue weighted by Crippen LogP contribution is 2.20. The summed E-state index contributed by atoms with van der Waals surface area (Å²) >= 11 is 0. The van der Waals surface area contributed by atoms with Gasteiger partial charge in [-0.1, -0.05) is 24.3 Å². The van der Waals surface area contributed by atoms with Gasteiger partial charge in [-0.25, -0.2) is 0 Å². The highest BCUT2D eigenvalue weighted by molar-refractivity contribution is 6.00. The molecule has 2 rings (SSSR count). The van der Waals surface area contributed by atoms with Gasteiger partial charge in [0.1, 0.15) is 0 Å². The molecule has 0 amide bonds. The van der Waals surface area contributed by atoms with Crippen LogP contribution in [0.5, 0.6) is 0 Å². The largest absolute Gasteiger partial charge is 0.312 e. The van der Waals surface area contributed by atoms with Gasteiger partial charge in [-0.15, -0.1) is 0 Å². The highest BCUT2D eigenvalue weighted by atomic mass is 16.1. The fraction of sp³-hybridized carbons (Fsp3) is 0.417. The van der Waals surface area contributed by atoms with E-state index in [0.717, 1.165) is 12.0 Å². The summed E-state index contributed by atoms with van der Waals surface area (Å²) in [5.74, 6) is 0.301. The number of ketones is 1. The molecule has 14 heavy (non-hydrogen) atoms. The Morgan fingerprint density at radius 3 is 2.21 bits per heavy atom. The zero-order valence-electron chi connectivity index (χ0n) is 9.08. The molecule has 0 saturated carbocycles. The first kappa shape index (κ1) is 10.9. The molecule has 1 aromatic carbocycles. The summed E-state index contributed by atoms with van der Waals surface area (Å²) in [6.45, 7) is 0. The number of carbonyl (C=O) groups excluding carboxylic acids is 1. The van der Waals surface area contributed by atoms with Crippen LogP contribution in [0.15, 0.2) is 24.3 Å². The molecule has 0 bridgehead atoms. The zero-order chi connectivity index (χ0) is 10.6. The summed E-state index contributed by atoms with van der Waals surface area (Å²) in [5.41, 5.74) is 2.15. The van der Waals surface area contributed by atoms with E-state index in [1.165, 1.54) is 5.56 Å². The lowest BCUT2D eigenvalue weighted by Gasteiger charge is -1.92. The first-order valence-corrected chi connectivity index (χ1v) is 4.83. The van der Waals surface area contributed by atoms with Gasteiger partial charge in [-0.2, -0.15) is 0 Å². The average molecular weight is 191 g/mol. The van der Waals surface area contributed by atoms with Crippen molar-refractivity contribution in [3.63, 3.8) is 0 Å². The van der Waals surface area contributed by atoms with E-state index in [-0.39, 0.29) is 0 Å². The molecular formula is C12H17NO. The summed E-state index contributed by atoms with van der Waals surface area (Å²) < 4.78 is 0. The Bertz CT molecular complexity index is 315. The molecule has 2 nitrogen and oxygen atoms in total. The van der Waals surface area contributed by atoms with Crippen molar-refractivity contribution in [1.29, 1.82) is 0 Å². The fourth-order valence-corrected chi connectivity index (χ4v) is 1.39. The number of rotatable bonds is 0. The van der Waals surface area contributed by atoms with Gasteiger partial charge >= 0.3 is 0 Å². The second-order valence-corrected chi connectivity index (χ2v) is 3.92. The predicted octanol–water partition coefficient (Wildman–Crippen LogP) is 1.99. The average Bonchev–Trinajstić information content (AvgIpc) is 2.48.